The van der Waals surface area contributed by atoms with Gasteiger partial charge in [0, 0.05) is 24.2 Å². The SMILES string of the molecule is CCC(CNC(=O)c1ccc(C)c(N)c1)CC(=O)O. The number of nitrogens with two attached hydrogens (primary N) is 1. The lowest BCUT2D eigenvalue weighted by molar-refractivity contribution is -0.138. The van der Waals surface area contributed by atoms with E-state index in [1.807, 2.05) is 13.8 Å². The highest BCUT2D eigenvalue weighted by atomic mass is 16.4. The van der Waals surface area contributed by atoms with Gasteiger partial charge in [0.15, 0.2) is 0 Å². The molecule has 1 atom stereocenters. The summed E-state index contributed by atoms with van der Waals surface area (Å²) in [7, 11) is 0. The van der Waals surface area contributed by atoms with Crippen molar-refractivity contribution in [2.24, 2.45) is 5.92 Å². The van der Waals surface area contributed by atoms with E-state index >= 15 is 0 Å². The molecule has 19 heavy (non-hydrogen) atoms. The first-order valence-electron chi connectivity index (χ1n) is 6.30. The van der Waals surface area contributed by atoms with Crippen LogP contribution in [0.1, 0.15) is 35.7 Å². The second-order valence-corrected chi connectivity index (χ2v) is 4.65. The molecule has 1 aromatic rings. The first-order chi connectivity index (χ1) is 8.93. The Balaban J connectivity index is 2.59. The lowest BCUT2D eigenvalue weighted by atomic mass is 10.0. The van der Waals surface area contributed by atoms with Gasteiger partial charge in [-0.15, -0.1) is 0 Å². The van der Waals surface area contributed by atoms with Crippen molar-refractivity contribution in [2.45, 2.75) is 26.7 Å². The van der Waals surface area contributed by atoms with E-state index in [0.717, 1.165) is 5.56 Å². The van der Waals surface area contributed by atoms with Crippen LogP contribution in [-0.2, 0) is 4.79 Å². The van der Waals surface area contributed by atoms with Crippen LogP contribution in [0.5, 0.6) is 0 Å². The lowest BCUT2D eigenvalue weighted by Crippen LogP contribution is -2.30. The first kappa shape index (κ1) is 15.0. The molecule has 0 aliphatic rings. The van der Waals surface area contributed by atoms with Crippen molar-refractivity contribution in [3.05, 3.63) is 29.3 Å². The molecule has 4 N–H and O–H groups in total. The second kappa shape index (κ2) is 6.78. The number of amides is 1. The Labute approximate surface area is 112 Å². The molecule has 0 radical (unpaired) electrons. The number of benzene rings is 1. The second-order valence-electron chi connectivity index (χ2n) is 4.65. The van der Waals surface area contributed by atoms with Gasteiger partial charge in [-0.1, -0.05) is 19.4 Å². The van der Waals surface area contributed by atoms with E-state index in [2.05, 4.69) is 5.32 Å². The molecule has 1 rings (SSSR count). The molecule has 5 nitrogen and oxygen atoms in total. The molecule has 1 unspecified atom stereocenters. The number of rotatable bonds is 6. The van der Waals surface area contributed by atoms with Crippen LogP contribution >= 0.6 is 0 Å². The normalized spacial score (nSPS) is 11.9. The van der Waals surface area contributed by atoms with Crippen molar-refractivity contribution in [1.82, 2.24) is 5.32 Å². The van der Waals surface area contributed by atoms with E-state index in [1.54, 1.807) is 18.2 Å². The summed E-state index contributed by atoms with van der Waals surface area (Å²) in [6.07, 6.45) is 0.773. The number of hydrogen-bond acceptors (Lipinski definition) is 3. The highest BCUT2D eigenvalue weighted by Gasteiger charge is 2.13. The predicted octanol–water partition coefficient (Wildman–Crippen LogP) is 1.81. The summed E-state index contributed by atoms with van der Waals surface area (Å²) < 4.78 is 0. The quantitative estimate of drug-likeness (QED) is 0.683. The monoisotopic (exact) mass is 264 g/mol. The van der Waals surface area contributed by atoms with E-state index in [-0.39, 0.29) is 18.2 Å². The standard InChI is InChI=1S/C14H20N2O3/c1-3-10(6-13(17)18)8-16-14(19)11-5-4-9(2)12(15)7-11/h4-5,7,10H,3,6,8,15H2,1-2H3,(H,16,19)(H,17,18). The molecule has 0 aromatic heterocycles. The summed E-state index contributed by atoms with van der Waals surface area (Å²) in [6.45, 7) is 4.13. The maximum Gasteiger partial charge on any atom is 0.303 e. The summed E-state index contributed by atoms with van der Waals surface area (Å²) in [5, 5.41) is 11.5. The molecular weight excluding hydrogens is 244 g/mol. The highest BCUT2D eigenvalue weighted by molar-refractivity contribution is 5.95. The van der Waals surface area contributed by atoms with Gasteiger partial charge in [0.1, 0.15) is 0 Å². The number of carboxylic acid groups (broad SMARTS) is 1. The lowest BCUT2D eigenvalue weighted by Gasteiger charge is -2.13. The van der Waals surface area contributed by atoms with Gasteiger partial charge in [0.25, 0.3) is 5.91 Å². The van der Waals surface area contributed by atoms with Crippen molar-refractivity contribution in [3.63, 3.8) is 0 Å². The predicted molar refractivity (Wildman–Crippen MR) is 74.0 cm³/mol. The summed E-state index contributed by atoms with van der Waals surface area (Å²) in [4.78, 5) is 22.5. The fourth-order valence-electron chi connectivity index (χ4n) is 1.73. The van der Waals surface area contributed by atoms with E-state index in [4.69, 9.17) is 10.8 Å². The molecule has 0 spiro atoms. The molecule has 0 bridgehead atoms. The first-order valence-corrected chi connectivity index (χ1v) is 6.30. The minimum Gasteiger partial charge on any atom is -0.481 e. The van der Waals surface area contributed by atoms with Gasteiger partial charge in [-0.3, -0.25) is 9.59 Å². The van der Waals surface area contributed by atoms with E-state index in [1.165, 1.54) is 0 Å². The molecule has 0 saturated heterocycles. The number of carbonyl (C=O) groups is 2. The topological polar surface area (TPSA) is 92.4 Å². The zero-order valence-corrected chi connectivity index (χ0v) is 11.3. The number of nitrogen functional groups attached to an aromatic ring is 1. The van der Waals surface area contributed by atoms with Crippen LogP contribution < -0.4 is 11.1 Å². The molecule has 0 fully saturated rings. The molecule has 0 saturated carbocycles. The Kier molecular flexibility index (Phi) is 5.36. The fraction of sp³-hybridized carbons (Fsp3) is 0.429. The Morgan fingerprint density at radius 2 is 2.11 bits per heavy atom. The molecule has 0 heterocycles. The van der Waals surface area contributed by atoms with Gasteiger partial charge < -0.3 is 16.2 Å². The molecule has 1 aromatic carbocycles. The van der Waals surface area contributed by atoms with Crippen molar-refractivity contribution in [2.75, 3.05) is 12.3 Å². The maximum atomic E-state index is 11.9. The van der Waals surface area contributed by atoms with Crippen LogP contribution in [0.3, 0.4) is 0 Å². The average Bonchev–Trinajstić information content (AvgIpc) is 2.36. The molecule has 0 aliphatic heterocycles. The number of anilines is 1. The van der Waals surface area contributed by atoms with Gasteiger partial charge in [-0.25, -0.2) is 0 Å². The fourth-order valence-corrected chi connectivity index (χ4v) is 1.73. The summed E-state index contributed by atoms with van der Waals surface area (Å²) >= 11 is 0. The zero-order valence-electron chi connectivity index (χ0n) is 11.3. The van der Waals surface area contributed by atoms with Gasteiger partial charge in [0.2, 0.25) is 0 Å². The number of nitrogens with one attached hydrogen (secondary N) is 1. The van der Waals surface area contributed by atoms with Crippen LogP contribution in [0, 0.1) is 12.8 Å². The van der Waals surface area contributed by atoms with Gasteiger partial charge >= 0.3 is 5.97 Å². The number of aryl methyl sites for hydroxylation is 1. The van der Waals surface area contributed by atoms with Crippen LogP contribution in [0.15, 0.2) is 18.2 Å². The minimum atomic E-state index is -0.847. The number of hydrogen-bond donors (Lipinski definition) is 3. The van der Waals surface area contributed by atoms with Crippen molar-refractivity contribution in [3.8, 4) is 0 Å². The Morgan fingerprint density at radius 3 is 2.63 bits per heavy atom. The molecule has 1 amide bonds. The smallest absolute Gasteiger partial charge is 0.303 e. The van der Waals surface area contributed by atoms with Crippen LogP contribution in [-0.4, -0.2) is 23.5 Å². The van der Waals surface area contributed by atoms with Crippen molar-refractivity contribution in [1.29, 1.82) is 0 Å². The van der Waals surface area contributed by atoms with Crippen molar-refractivity contribution >= 4 is 17.6 Å². The van der Waals surface area contributed by atoms with Gasteiger partial charge in [-0.05, 0) is 30.5 Å². The van der Waals surface area contributed by atoms with E-state index in [9.17, 15) is 9.59 Å². The molecule has 104 valence electrons. The van der Waals surface area contributed by atoms with Crippen LogP contribution in [0.25, 0.3) is 0 Å². The molecule has 5 heteroatoms. The Bertz CT molecular complexity index is 472. The van der Waals surface area contributed by atoms with Crippen molar-refractivity contribution < 1.29 is 14.7 Å². The third-order valence-electron chi connectivity index (χ3n) is 3.13. The highest BCUT2D eigenvalue weighted by Crippen LogP contribution is 2.13. The molecule has 0 aliphatic carbocycles. The number of aliphatic carboxylic acids is 1. The van der Waals surface area contributed by atoms with Gasteiger partial charge in [-0.2, -0.15) is 0 Å². The number of carbonyl (C=O) groups excluding carboxylic acids is 1. The summed E-state index contributed by atoms with van der Waals surface area (Å²) in [5.74, 6) is -1.12. The minimum absolute atomic E-state index is 0.0516. The largest absolute Gasteiger partial charge is 0.481 e. The maximum absolute atomic E-state index is 11.9. The summed E-state index contributed by atoms with van der Waals surface area (Å²) in [6, 6.07) is 5.13. The number of carboxylic acids is 1. The zero-order chi connectivity index (χ0) is 14.4. The average molecular weight is 264 g/mol. The van der Waals surface area contributed by atoms with Crippen LogP contribution in [0.2, 0.25) is 0 Å². The third-order valence-corrected chi connectivity index (χ3v) is 3.13. The van der Waals surface area contributed by atoms with Gasteiger partial charge in [0.05, 0.1) is 0 Å². The van der Waals surface area contributed by atoms with E-state index < -0.39 is 5.97 Å². The third kappa shape index (κ3) is 4.62. The van der Waals surface area contributed by atoms with E-state index in [0.29, 0.717) is 24.2 Å². The van der Waals surface area contributed by atoms with Crippen LogP contribution in [0.4, 0.5) is 5.69 Å². The summed E-state index contributed by atoms with van der Waals surface area (Å²) in [5.41, 5.74) is 7.74. The Hall–Kier alpha value is -2.04. The Morgan fingerprint density at radius 1 is 1.42 bits per heavy atom. The molecular formula is C14H20N2O3.